The van der Waals surface area contributed by atoms with Crippen LogP contribution >= 0.6 is 0 Å². The molecule has 0 nitrogen and oxygen atoms in total. The molecule has 0 radical (unpaired) electrons. The zero-order chi connectivity index (χ0) is 10.3. The zero-order valence-corrected chi connectivity index (χ0v) is 10.3. The van der Waals surface area contributed by atoms with Crippen LogP contribution in [0.15, 0.2) is 0 Å². The van der Waals surface area contributed by atoms with Crippen molar-refractivity contribution < 1.29 is 0 Å². The van der Waals surface area contributed by atoms with Crippen LogP contribution in [0.4, 0.5) is 0 Å². The molecule has 2 bridgehead atoms. The van der Waals surface area contributed by atoms with E-state index in [1.54, 1.807) is 32.1 Å². The summed E-state index contributed by atoms with van der Waals surface area (Å²) in [4.78, 5) is 0. The van der Waals surface area contributed by atoms with Crippen LogP contribution in [0.25, 0.3) is 0 Å². The predicted octanol–water partition coefficient (Wildman–Crippen LogP) is 5.32. The van der Waals surface area contributed by atoms with Gasteiger partial charge in [0.15, 0.2) is 0 Å². The van der Waals surface area contributed by atoms with E-state index in [4.69, 9.17) is 0 Å². The molecule has 0 amide bonds. The minimum atomic E-state index is 1.11. The maximum absolute atomic E-state index is 1.58. The summed E-state index contributed by atoms with van der Waals surface area (Å²) >= 11 is 0. The molecule has 0 aromatic heterocycles. The van der Waals surface area contributed by atoms with E-state index in [0.717, 1.165) is 11.8 Å². The Labute approximate surface area is 95.8 Å². The van der Waals surface area contributed by atoms with Crippen molar-refractivity contribution in [2.75, 3.05) is 0 Å². The molecule has 2 aliphatic rings. The van der Waals surface area contributed by atoms with E-state index in [9.17, 15) is 0 Å². The van der Waals surface area contributed by atoms with E-state index in [1.807, 2.05) is 0 Å². The van der Waals surface area contributed by atoms with Gasteiger partial charge in [0.05, 0.1) is 0 Å². The highest BCUT2D eigenvalue weighted by Gasteiger charge is 2.21. The Morgan fingerprint density at radius 2 is 0.800 bits per heavy atom. The van der Waals surface area contributed by atoms with Gasteiger partial charge in [-0.25, -0.2) is 0 Å². The lowest BCUT2D eigenvalue weighted by Gasteiger charge is -2.29. The molecule has 88 valence electrons. The summed E-state index contributed by atoms with van der Waals surface area (Å²) in [6.45, 7) is 0. The molecule has 2 saturated carbocycles. The van der Waals surface area contributed by atoms with Gasteiger partial charge in [-0.2, -0.15) is 0 Å². The third kappa shape index (κ3) is 4.17. The third-order valence-corrected chi connectivity index (χ3v) is 4.62. The lowest BCUT2D eigenvalue weighted by atomic mass is 9.77. The van der Waals surface area contributed by atoms with Crippen molar-refractivity contribution in [1.82, 2.24) is 0 Å². The van der Waals surface area contributed by atoms with E-state index in [-0.39, 0.29) is 0 Å². The van der Waals surface area contributed by atoms with Gasteiger partial charge in [0.2, 0.25) is 0 Å². The molecule has 0 N–H and O–H groups in total. The molecular weight excluding hydrogens is 180 g/mol. The van der Waals surface area contributed by atoms with Crippen LogP contribution in [0.3, 0.4) is 0 Å². The van der Waals surface area contributed by atoms with E-state index in [0.29, 0.717) is 0 Å². The Kier molecular flexibility index (Phi) is 5.02. The highest BCUT2D eigenvalue weighted by molar-refractivity contribution is 4.73. The third-order valence-electron chi connectivity index (χ3n) is 4.62. The molecule has 0 aliphatic heterocycles. The van der Waals surface area contributed by atoms with Crippen molar-refractivity contribution in [3.8, 4) is 0 Å². The molecule has 2 rings (SSSR count). The van der Waals surface area contributed by atoms with Crippen molar-refractivity contribution >= 4 is 0 Å². The van der Waals surface area contributed by atoms with Gasteiger partial charge < -0.3 is 0 Å². The van der Waals surface area contributed by atoms with Gasteiger partial charge in [0, 0.05) is 0 Å². The van der Waals surface area contributed by atoms with Gasteiger partial charge >= 0.3 is 0 Å². The predicted molar refractivity (Wildman–Crippen MR) is 67.0 cm³/mol. The summed E-state index contributed by atoms with van der Waals surface area (Å²) in [6, 6.07) is 0. The fourth-order valence-corrected chi connectivity index (χ4v) is 3.68. The van der Waals surface area contributed by atoms with E-state index in [2.05, 4.69) is 0 Å². The second-order valence-electron chi connectivity index (χ2n) is 5.95. The molecular formula is C15H28. The fraction of sp³-hybridized carbons (Fsp3) is 1.00. The van der Waals surface area contributed by atoms with Gasteiger partial charge in [-0.1, -0.05) is 77.0 Å². The van der Waals surface area contributed by atoms with E-state index >= 15 is 0 Å². The van der Waals surface area contributed by atoms with Crippen molar-refractivity contribution in [1.29, 1.82) is 0 Å². The number of hydrogen-bond acceptors (Lipinski definition) is 0. The number of fused-ring (bicyclic) bond motifs is 2. The van der Waals surface area contributed by atoms with Crippen LogP contribution in [0.5, 0.6) is 0 Å². The first-order valence-corrected chi connectivity index (χ1v) is 7.45. The average molecular weight is 208 g/mol. The van der Waals surface area contributed by atoms with Gasteiger partial charge in [0.25, 0.3) is 0 Å². The summed E-state index contributed by atoms with van der Waals surface area (Å²) < 4.78 is 0. The highest BCUT2D eigenvalue weighted by Crippen LogP contribution is 2.35. The molecule has 2 fully saturated rings. The highest BCUT2D eigenvalue weighted by atomic mass is 14.3. The quantitative estimate of drug-likeness (QED) is 0.505. The first kappa shape index (κ1) is 11.5. The molecule has 0 aromatic rings. The van der Waals surface area contributed by atoms with Crippen LogP contribution < -0.4 is 0 Å². The summed E-state index contributed by atoms with van der Waals surface area (Å²) in [7, 11) is 0. The van der Waals surface area contributed by atoms with Crippen LogP contribution in [0, 0.1) is 11.8 Å². The Bertz CT molecular complexity index is 145. The molecule has 0 spiro atoms. The van der Waals surface area contributed by atoms with E-state index < -0.39 is 0 Å². The second-order valence-corrected chi connectivity index (χ2v) is 5.95. The maximum atomic E-state index is 1.58. The fourth-order valence-electron chi connectivity index (χ4n) is 3.68. The molecule has 2 aliphatic carbocycles. The topological polar surface area (TPSA) is 0 Å². The van der Waals surface area contributed by atoms with Gasteiger partial charge in [-0.05, 0) is 18.3 Å². The summed E-state index contributed by atoms with van der Waals surface area (Å²) in [5.74, 6) is 2.23. The molecule has 2 atom stereocenters. The minimum Gasteiger partial charge on any atom is -0.0533 e. The van der Waals surface area contributed by atoms with Crippen LogP contribution in [-0.4, -0.2) is 0 Å². The van der Waals surface area contributed by atoms with Crippen molar-refractivity contribution in [3.05, 3.63) is 0 Å². The Balaban J connectivity index is 1.78. The monoisotopic (exact) mass is 208 g/mol. The summed E-state index contributed by atoms with van der Waals surface area (Å²) in [6.07, 6.45) is 19.9. The van der Waals surface area contributed by atoms with E-state index in [1.165, 1.54) is 51.4 Å². The molecule has 0 aromatic carbocycles. The normalized spacial score (nSPS) is 35.2. The van der Waals surface area contributed by atoms with Crippen molar-refractivity contribution in [2.24, 2.45) is 11.8 Å². The van der Waals surface area contributed by atoms with Gasteiger partial charge in [-0.15, -0.1) is 0 Å². The Hall–Kier alpha value is 0. The smallest absolute Gasteiger partial charge is 0.0412 e. The Morgan fingerprint density at radius 1 is 0.400 bits per heavy atom. The molecule has 0 saturated heterocycles. The second kappa shape index (κ2) is 6.55. The number of hydrogen-bond donors (Lipinski definition) is 0. The largest absolute Gasteiger partial charge is 0.0533 e. The molecule has 0 heterocycles. The molecule has 2 unspecified atom stereocenters. The Morgan fingerprint density at radius 3 is 1.33 bits per heavy atom. The van der Waals surface area contributed by atoms with Crippen molar-refractivity contribution in [2.45, 2.75) is 83.5 Å². The van der Waals surface area contributed by atoms with Crippen molar-refractivity contribution in [3.63, 3.8) is 0 Å². The SMILES string of the molecule is C1CCCCC2CCCC(CCCC1)C2. The standard InChI is InChI=1S/C15H28/c1-2-4-6-9-14-11-8-12-15(13-14)10-7-5-3-1/h14-15H,1-13H2. The molecule has 15 heavy (non-hydrogen) atoms. The van der Waals surface area contributed by atoms with Crippen LogP contribution in [0.2, 0.25) is 0 Å². The van der Waals surface area contributed by atoms with Gasteiger partial charge in [0.1, 0.15) is 0 Å². The lowest BCUT2D eigenvalue weighted by molar-refractivity contribution is 0.232. The first-order chi connectivity index (χ1) is 7.45. The van der Waals surface area contributed by atoms with Crippen LogP contribution in [0.1, 0.15) is 83.5 Å². The zero-order valence-electron chi connectivity index (χ0n) is 10.3. The number of rotatable bonds is 0. The summed E-state index contributed by atoms with van der Waals surface area (Å²) in [5.41, 5.74) is 0. The average Bonchev–Trinajstić information content (AvgIpc) is 2.26. The van der Waals surface area contributed by atoms with Crippen LogP contribution in [-0.2, 0) is 0 Å². The summed E-state index contributed by atoms with van der Waals surface area (Å²) in [5, 5.41) is 0. The lowest BCUT2D eigenvalue weighted by Crippen LogP contribution is -2.15. The maximum Gasteiger partial charge on any atom is -0.0412 e. The molecule has 0 heteroatoms. The first-order valence-electron chi connectivity index (χ1n) is 7.45. The van der Waals surface area contributed by atoms with Gasteiger partial charge in [-0.3, -0.25) is 0 Å². The minimum absolute atomic E-state index is 1.11.